The third kappa shape index (κ3) is 4.65. The molecule has 0 fully saturated rings. The van der Waals surface area contributed by atoms with Gasteiger partial charge in [-0.25, -0.2) is 9.50 Å². The van der Waals surface area contributed by atoms with E-state index in [1.807, 2.05) is 13.8 Å². The molecule has 0 aliphatic carbocycles. The fourth-order valence-electron chi connectivity index (χ4n) is 3.04. The highest BCUT2D eigenvalue weighted by atomic mass is 35.5. The van der Waals surface area contributed by atoms with Crippen LogP contribution in [0.25, 0.3) is 5.78 Å². The van der Waals surface area contributed by atoms with Gasteiger partial charge in [-0.3, -0.25) is 9.59 Å². The van der Waals surface area contributed by atoms with Gasteiger partial charge in [0.15, 0.2) is 0 Å². The summed E-state index contributed by atoms with van der Waals surface area (Å²) in [5.41, 5.74) is 2.98. The van der Waals surface area contributed by atoms with Crippen LogP contribution in [0.4, 0.5) is 5.69 Å². The summed E-state index contributed by atoms with van der Waals surface area (Å²) in [6.07, 6.45) is 2.17. The molecular weight excluding hydrogens is 415 g/mol. The first kappa shape index (κ1) is 21.0. The molecule has 0 spiro atoms. The van der Waals surface area contributed by atoms with Gasteiger partial charge in [0.05, 0.1) is 22.3 Å². The molecule has 0 bridgehead atoms. The predicted molar refractivity (Wildman–Crippen MR) is 111 cm³/mol. The topological polar surface area (TPSA) is 92.5 Å². The predicted octanol–water partition coefficient (Wildman–Crippen LogP) is 3.08. The molecule has 3 aromatic rings. The monoisotopic (exact) mass is 434 g/mol. The number of aromatic nitrogens is 4. The highest BCUT2D eigenvalue weighted by Crippen LogP contribution is 2.29. The molecule has 2 amide bonds. The minimum absolute atomic E-state index is 0.112. The number of rotatable bonds is 6. The summed E-state index contributed by atoms with van der Waals surface area (Å²) in [5.74, 6) is -0.0149. The fraction of sp³-hybridized carbons (Fsp3) is 0.316. The number of nitrogens with one attached hydrogen (secondary N) is 1. The molecule has 0 atom stereocenters. The van der Waals surface area contributed by atoms with E-state index in [0.717, 1.165) is 17.0 Å². The Labute approximate surface area is 177 Å². The number of carbonyl (C=O) groups is 2. The summed E-state index contributed by atoms with van der Waals surface area (Å²) in [4.78, 5) is 34.7. The van der Waals surface area contributed by atoms with E-state index >= 15 is 0 Å². The van der Waals surface area contributed by atoms with Crippen molar-refractivity contribution in [2.75, 3.05) is 18.9 Å². The number of benzene rings is 1. The quantitative estimate of drug-likeness (QED) is 0.643. The smallest absolute Gasteiger partial charge is 0.252 e. The van der Waals surface area contributed by atoms with Crippen molar-refractivity contribution >= 4 is 46.5 Å². The van der Waals surface area contributed by atoms with E-state index in [1.54, 1.807) is 29.8 Å². The van der Waals surface area contributed by atoms with Crippen LogP contribution in [0.5, 0.6) is 0 Å². The third-order valence-electron chi connectivity index (χ3n) is 4.61. The molecule has 0 radical (unpaired) electrons. The van der Waals surface area contributed by atoms with Gasteiger partial charge in [-0.2, -0.15) is 10.1 Å². The second-order valence-corrected chi connectivity index (χ2v) is 7.44. The molecular formula is C19H20Cl2N6O2. The Kier molecular flexibility index (Phi) is 6.34. The van der Waals surface area contributed by atoms with Crippen LogP contribution >= 0.6 is 23.2 Å². The van der Waals surface area contributed by atoms with E-state index in [0.29, 0.717) is 27.9 Å². The first-order valence-electron chi connectivity index (χ1n) is 8.91. The Morgan fingerprint density at radius 2 is 1.90 bits per heavy atom. The fourth-order valence-corrected chi connectivity index (χ4v) is 3.53. The summed E-state index contributed by atoms with van der Waals surface area (Å²) in [6, 6.07) is 4.94. The minimum Gasteiger partial charge on any atom is -0.336 e. The summed E-state index contributed by atoms with van der Waals surface area (Å²) in [7, 11) is 1.58. The standard InChI is InChI=1S/C19H20Cl2N6O2/c1-11-13(12(2)27-19(24-11)22-10-23-27)7-8-17(29)26(3)9-16(28)25-18-14(20)5-4-6-15(18)21/h4-6,10H,7-9H2,1-3H3,(H,25,28). The third-order valence-corrected chi connectivity index (χ3v) is 5.24. The molecule has 3 rings (SSSR count). The van der Waals surface area contributed by atoms with Crippen molar-refractivity contribution in [1.29, 1.82) is 0 Å². The maximum Gasteiger partial charge on any atom is 0.252 e. The zero-order valence-electron chi connectivity index (χ0n) is 16.2. The van der Waals surface area contributed by atoms with Crippen molar-refractivity contribution in [2.24, 2.45) is 0 Å². The molecule has 2 aromatic heterocycles. The van der Waals surface area contributed by atoms with Crippen molar-refractivity contribution in [1.82, 2.24) is 24.5 Å². The van der Waals surface area contributed by atoms with Gasteiger partial charge in [0, 0.05) is 24.9 Å². The number of para-hydroxylation sites is 1. The molecule has 0 aliphatic rings. The Bertz CT molecular complexity index is 1060. The van der Waals surface area contributed by atoms with E-state index in [1.165, 1.54) is 11.2 Å². The SMILES string of the molecule is Cc1nc2ncnn2c(C)c1CCC(=O)N(C)CC(=O)Nc1c(Cl)cccc1Cl. The maximum atomic E-state index is 12.5. The number of aryl methyl sites for hydroxylation is 2. The number of carbonyl (C=O) groups excluding carboxylic acids is 2. The molecule has 0 saturated carbocycles. The second kappa shape index (κ2) is 8.75. The largest absolute Gasteiger partial charge is 0.336 e. The van der Waals surface area contributed by atoms with E-state index in [4.69, 9.17) is 23.2 Å². The highest BCUT2D eigenvalue weighted by Gasteiger charge is 2.17. The number of halogens is 2. The molecule has 0 saturated heterocycles. The molecule has 10 heteroatoms. The lowest BCUT2D eigenvalue weighted by Gasteiger charge is -2.18. The molecule has 29 heavy (non-hydrogen) atoms. The lowest BCUT2D eigenvalue weighted by atomic mass is 10.1. The van der Waals surface area contributed by atoms with Gasteiger partial charge in [-0.1, -0.05) is 29.3 Å². The Hall–Kier alpha value is -2.71. The highest BCUT2D eigenvalue weighted by molar-refractivity contribution is 6.39. The normalized spacial score (nSPS) is 10.9. The summed E-state index contributed by atoms with van der Waals surface area (Å²) in [5, 5.41) is 7.47. The van der Waals surface area contributed by atoms with Crippen LogP contribution in [0, 0.1) is 13.8 Å². The van der Waals surface area contributed by atoms with Gasteiger partial charge in [0.25, 0.3) is 5.78 Å². The average molecular weight is 435 g/mol. The van der Waals surface area contributed by atoms with Crippen LogP contribution in [0.1, 0.15) is 23.4 Å². The van der Waals surface area contributed by atoms with Gasteiger partial charge in [0.1, 0.15) is 6.33 Å². The van der Waals surface area contributed by atoms with Gasteiger partial charge < -0.3 is 10.2 Å². The van der Waals surface area contributed by atoms with Crippen molar-refractivity contribution in [3.8, 4) is 0 Å². The van der Waals surface area contributed by atoms with Gasteiger partial charge in [-0.05, 0) is 38.0 Å². The Morgan fingerprint density at radius 3 is 2.59 bits per heavy atom. The van der Waals surface area contributed by atoms with E-state index in [2.05, 4.69) is 20.4 Å². The zero-order chi connectivity index (χ0) is 21.1. The zero-order valence-corrected chi connectivity index (χ0v) is 17.8. The first-order valence-corrected chi connectivity index (χ1v) is 9.67. The number of anilines is 1. The van der Waals surface area contributed by atoms with Gasteiger partial charge in [-0.15, -0.1) is 0 Å². The second-order valence-electron chi connectivity index (χ2n) is 6.63. The number of hydrogen-bond donors (Lipinski definition) is 1. The Morgan fingerprint density at radius 1 is 1.21 bits per heavy atom. The lowest BCUT2D eigenvalue weighted by molar-refractivity contribution is -0.133. The molecule has 8 nitrogen and oxygen atoms in total. The van der Waals surface area contributed by atoms with E-state index in [9.17, 15) is 9.59 Å². The van der Waals surface area contributed by atoms with E-state index < -0.39 is 0 Å². The molecule has 1 N–H and O–H groups in total. The summed E-state index contributed by atoms with van der Waals surface area (Å²) < 4.78 is 1.65. The van der Waals surface area contributed by atoms with Crippen molar-refractivity contribution in [3.63, 3.8) is 0 Å². The molecule has 2 heterocycles. The van der Waals surface area contributed by atoms with Crippen molar-refractivity contribution < 1.29 is 9.59 Å². The number of nitrogens with zero attached hydrogens (tertiary/aromatic N) is 5. The molecule has 0 unspecified atom stereocenters. The van der Waals surface area contributed by atoms with Crippen LogP contribution in [-0.4, -0.2) is 49.9 Å². The maximum absolute atomic E-state index is 12.5. The average Bonchev–Trinajstić information content (AvgIpc) is 3.13. The molecule has 152 valence electrons. The van der Waals surface area contributed by atoms with Crippen LogP contribution in [0.3, 0.4) is 0 Å². The van der Waals surface area contributed by atoms with E-state index in [-0.39, 0.29) is 24.8 Å². The van der Waals surface area contributed by atoms with Crippen LogP contribution in [0.15, 0.2) is 24.5 Å². The molecule has 1 aromatic carbocycles. The summed E-state index contributed by atoms with van der Waals surface area (Å²) >= 11 is 12.1. The first-order chi connectivity index (χ1) is 13.8. The number of amides is 2. The van der Waals surface area contributed by atoms with Crippen LogP contribution in [0.2, 0.25) is 10.0 Å². The minimum atomic E-state index is -0.381. The number of hydrogen-bond acceptors (Lipinski definition) is 5. The van der Waals surface area contributed by atoms with Crippen LogP contribution in [-0.2, 0) is 16.0 Å². The Balaban J connectivity index is 1.60. The summed E-state index contributed by atoms with van der Waals surface area (Å²) in [6.45, 7) is 3.69. The molecule has 0 aliphatic heterocycles. The van der Waals surface area contributed by atoms with Crippen molar-refractivity contribution in [2.45, 2.75) is 26.7 Å². The van der Waals surface area contributed by atoms with Gasteiger partial charge in [0.2, 0.25) is 11.8 Å². The number of fused-ring (bicyclic) bond motifs is 1. The van der Waals surface area contributed by atoms with Crippen molar-refractivity contribution in [3.05, 3.63) is 51.5 Å². The lowest BCUT2D eigenvalue weighted by Crippen LogP contribution is -2.35. The van der Waals surface area contributed by atoms with Gasteiger partial charge >= 0.3 is 0 Å². The van der Waals surface area contributed by atoms with Crippen LogP contribution < -0.4 is 5.32 Å². The number of likely N-dealkylation sites (N-methyl/N-ethyl adjacent to an activating group) is 1.